The van der Waals surface area contributed by atoms with Crippen LogP contribution in [-0.2, 0) is 4.74 Å². The number of carbonyl (C=O) groups excluding carboxylic acids is 1. The van der Waals surface area contributed by atoms with Gasteiger partial charge in [-0.15, -0.1) is 0 Å². The molecular weight excluding hydrogens is 216 g/mol. The summed E-state index contributed by atoms with van der Waals surface area (Å²) in [5.74, 6) is -0.412. The second-order valence-corrected chi connectivity index (χ2v) is 3.63. The molecule has 2 rings (SSSR count). The minimum Gasteiger partial charge on any atom is -0.508 e. The lowest BCUT2D eigenvalue weighted by Crippen LogP contribution is -2.00. The molecule has 0 radical (unpaired) electrons. The topological polar surface area (TPSA) is 46.5 Å². The van der Waals surface area contributed by atoms with Gasteiger partial charge in [-0.3, -0.25) is 0 Å². The molecule has 0 saturated carbocycles. The Morgan fingerprint density at radius 2 is 1.76 bits per heavy atom. The van der Waals surface area contributed by atoms with Crippen molar-refractivity contribution in [2.24, 2.45) is 0 Å². The van der Waals surface area contributed by atoms with Crippen LogP contribution in [0.4, 0.5) is 0 Å². The smallest absolute Gasteiger partial charge is 0.338 e. The van der Waals surface area contributed by atoms with Gasteiger partial charge in [-0.25, -0.2) is 4.79 Å². The van der Waals surface area contributed by atoms with Crippen LogP contribution in [0.2, 0.25) is 0 Å². The highest BCUT2D eigenvalue weighted by Gasteiger charge is 2.09. The van der Waals surface area contributed by atoms with Crippen LogP contribution in [-0.4, -0.2) is 18.2 Å². The summed E-state index contributed by atoms with van der Waals surface area (Å²) in [6, 6.07) is 14.2. The van der Waals surface area contributed by atoms with E-state index in [1.807, 2.05) is 30.3 Å². The fourth-order valence-corrected chi connectivity index (χ4v) is 1.64. The Morgan fingerprint density at radius 1 is 1.06 bits per heavy atom. The third-order valence-corrected chi connectivity index (χ3v) is 2.45. The van der Waals surface area contributed by atoms with Gasteiger partial charge < -0.3 is 9.84 Å². The third-order valence-electron chi connectivity index (χ3n) is 2.45. The largest absolute Gasteiger partial charge is 0.508 e. The number of phenolic OH excluding ortho intramolecular Hbond substituents is 1. The van der Waals surface area contributed by atoms with Crippen LogP contribution in [0.25, 0.3) is 11.1 Å². The van der Waals surface area contributed by atoms with Gasteiger partial charge in [-0.2, -0.15) is 0 Å². The van der Waals surface area contributed by atoms with E-state index in [-0.39, 0.29) is 5.75 Å². The molecule has 0 fully saturated rings. The lowest BCUT2D eigenvalue weighted by Gasteiger charge is -2.05. The number of aromatic hydroxyl groups is 1. The first-order valence-corrected chi connectivity index (χ1v) is 5.18. The molecule has 0 unspecified atom stereocenters. The summed E-state index contributed by atoms with van der Waals surface area (Å²) >= 11 is 0. The van der Waals surface area contributed by atoms with Crippen molar-refractivity contribution in [3.05, 3.63) is 54.1 Å². The minimum atomic E-state index is -0.460. The van der Waals surface area contributed by atoms with Crippen molar-refractivity contribution in [3.63, 3.8) is 0 Å². The summed E-state index contributed by atoms with van der Waals surface area (Å²) in [4.78, 5) is 11.4. The predicted molar refractivity (Wildman–Crippen MR) is 64.9 cm³/mol. The Labute approximate surface area is 99.3 Å². The highest BCUT2D eigenvalue weighted by Crippen LogP contribution is 2.25. The second kappa shape index (κ2) is 4.70. The number of benzene rings is 2. The van der Waals surface area contributed by atoms with Gasteiger partial charge in [-0.1, -0.05) is 30.3 Å². The molecule has 0 amide bonds. The lowest BCUT2D eigenvalue weighted by molar-refractivity contribution is 0.0600. The van der Waals surface area contributed by atoms with E-state index in [9.17, 15) is 9.90 Å². The van der Waals surface area contributed by atoms with Gasteiger partial charge in [0.05, 0.1) is 12.7 Å². The maximum absolute atomic E-state index is 11.4. The van der Waals surface area contributed by atoms with Crippen molar-refractivity contribution in [2.75, 3.05) is 7.11 Å². The van der Waals surface area contributed by atoms with E-state index in [1.54, 1.807) is 12.1 Å². The van der Waals surface area contributed by atoms with Crippen LogP contribution in [0.15, 0.2) is 48.5 Å². The first kappa shape index (κ1) is 11.2. The Morgan fingerprint density at radius 3 is 2.41 bits per heavy atom. The van der Waals surface area contributed by atoms with Gasteiger partial charge in [0.2, 0.25) is 0 Å². The number of hydrogen-bond donors (Lipinski definition) is 1. The summed E-state index contributed by atoms with van der Waals surface area (Å²) in [5, 5.41) is 9.59. The first-order valence-electron chi connectivity index (χ1n) is 5.18. The highest BCUT2D eigenvalue weighted by molar-refractivity contribution is 5.91. The van der Waals surface area contributed by atoms with Crippen molar-refractivity contribution in [1.82, 2.24) is 0 Å². The molecule has 0 atom stereocenters. The van der Waals surface area contributed by atoms with Gasteiger partial charge in [0.1, 0.15) is 5.75 Å². The maximum atomic E-state index is 11.4. The van der Waals surface area contributed by atoms with Crippen molar-refractivity contribution < 1.29 is 14.6 Å². The summed E-state index contributed by atoms with van der Waals surface area (Å²) < 4.78 is 4.63. The molecule has 2 aromatic rings. The number of methoxy groups -OCH3 is 1. The standard InChI is InChI=1S/C14H12O3/c1-17-14(16)12-7-11(8-13(15)9-12)10-5-3-2-4-6-10/h2-9,15H,1H3. The molecule has 3 nitrogen and oxygen atoms in total. The SMILES string of the molecule is COC(=O)c1cc(O)cc(-c2ccccc2)c1. The van der Waals surface area contributed by atoms with Crippen molar-refractivity contribution in [1.29, 1.82) is 0 Å². The first-order chi connectivity index (χ1) is 8.20. The molecule has 0 spiro atoms. The average Bonchev–Trinajstić information content (AvgIpc) is 2.38. The van der Waals surface area contributed by atoms with E-state index in [1.165, 1.54) is 13.2 Å². The molecule has 2 aromatic carbocycles. The summed E-state index contributed by atoms with van der Waals surface area (Å²) in [7, 11) is 1.31. The zero-order chi connectivity index (χ0) is 12.3. The average molecular weight is 228 g/mol. The summed E-state index contributed by atoms with van der Waals surface area (Å²) in [6.07, 6.45) is 0. The van der Waals surface area contributed by atoms with E-state index >= 15 is 0 Å². The van der Waals surface area contributed by atoms with Crippen LogP contribution >= 0.6 is 0 Å². The number of phenols is 1. The predicted octanol–water partition coefficient (Wildman–Crippen LogP) is 2.85. The monoisotopic (exact) mass is 228 g/mol. The molecule has 86 valence electrons. The Bertz CT molecular complexity index is 532. The molecule has 0 aliphatic rings. The van der Waals surface area contributed by atoms with E-state index in [2.05, 4.69) is 4.74 Å². The molecule has 3 heteroatoms. The van der Waals surface area contributed by atoms with Gasteiger partial charge in [0, 0.05) is 0 Å². The number of ether oxygens (including phenoxy) is 1. The van der Waals surface area contributed by atoms with Crippen molar-refractivity contribution >= 4 is 5.97 Å². The molecule has 0 bridgehead atoms. The van der Waals surface area contributed by atoms with Gasteiger partial charge in [-0.05, 0) is 29.3 Å². The van der Waals surface area contributed by atoms with Crippen LogP contribution in [0.5, 0.6) is 5.75 Å². The molecule has 0 aliphatic carbocycles. The fourth-order valence-electron chi connectivity index (χ4n) is 1.64. The number of carbonyl (C=O) groups is 1. The van der Waals surface area contributed by atoms with Gasteiger partial charge in [0.15, 0.2) is 0 Å². The van der Waals surface area contributed by atoms with Crippen molar-refractivity contribution in [3.8, 4) is 16.9 Å². The summed E-state index contributed by atoms with van der Waals surface area (Å²) in [5.41, 5.74) is 2.06. The van der Waals surface area contributed by atoms with Crippen LogP contribution in [0.3, 0.4) is 0 Å². The highest BCUT2D eigenvalue weighted by atomic mass is 16.5. The Kier molecular flexibility index (Phi) is 3.10. The zero-order valence-electron chi connectivity index (χ0n) is 9.38. The van der Waals surface area contributed by atoms with Crippen LogP contribution in [0.1, 0.15) is 10.4 Å². The number of rotatable bonds is 2. The second-order valence-electron chi connectivity index (χ2n) is 3.63. The van der Waals surface area contributed by atoms with Gasteiger partial charge >= 0.3 is 5.97 Å². The van der Waals surface area contributed by atoms with Crippen LogP contribution in [0, 0.1) is 0 Å². The summed E-state index contributed by atoms with van der Waals surface area (Å²) in [6.45, 7) is 0. The fraction of sp³-hybridized carbons (Fsp3) is 0.0714. The normalized spacial score (nSPS) is 9.94. The Balaban J connectivity index is 2.49. The number of esters is 1. The minimum absolute atomic E-state index is 0.0479. The van der Waals surface area contributed by atoms with Crippen LogP contribution < -0.4 is 0 Å². The maximum Gasteiger partial charge on any atom is 0.338 e. The molecule has 0 aliphatic heterocycles. The third kappa shape index (κ3) is 2.45. The van der Waals surface area contributed by atoms with E-state index in [4.69, 9.17) is 0 Å². The molecule has 17 heavy (non-hydrogen) atoms. The van der Waals surface area contributed by atoms with E-state index in [0.29, 0.717) is 5.56 Å². The quantitative estimate of drug-likeness (QED) is 0.804. The molecule has 0 heterocycles. The molecule has 0 aromatic heterocycles. The number of hydrogen-bond acceptors (Lipinski definition) is 3. The van der Waals surface area contributed by atoms with Crippen molar-refractivity contribution in [2.45, 2.75) is 0 Å². The Hall–Kier alpha value is -2.29. The van der Waals surface area contributed by atoms with Gasteiger partial charge in [0.25, 0.3) is 0 Å². The molecular formula is C14H12O3. The lowest BCUT2D eigenvalue weighted by atomic mass is 10.0. The molecule has 0 saturated heterocycles. The van der Waals surface area contributed by atoms with E-state index < -0.39 is 5.97 Å². The molecule has 1 N–H and O–H groups in total. The van der Waals surface area contributed by atoms with E-state index in [0.717, 1.165) is 11.1 Å². The zero-order valence-corrected chi connectivity index (χ0v) is 9.38.